The largest absolute Gasteiger partial charge is 0.398 e. The molecule has 2 rings (SSSR count). The van der Waals surface area contributed by atoms with Crippen molar-refractivity contribution in [3.8, 4) is 0 Å². The second-order valence-electron chi connectivity index (χ2n) is 4.06. The first-order valence-corrected chi connectivity index (χ1v) is 6.66. The van der Waals surface area contributed by atoms with Crippen LogP contribution in [0.4, 0.5) is 5.69 Å². The van der Waals surface area contributed by atoms with E-state index in [2.05, 4.69) is 18.0 Å². The molecule has 0 amide bonds. The minimum atomic E-state index is 0.834. The molecule has 0 fully saturated rings. The molecular formula is C13H15ClN2S. The normalized spacial score (nSPS) is 11.0. The van der Waals surface area contributed by atoms with Crippen LogP contribution in [0.25, 0.3) is 0 Å². The number of nitrogens with two attached hydrogens (primary N) is 1. The molecule has 0 aliphatic heterocycles. The number of halogens is 1. The third-order valence-electron chi connectivity index (χ3n) is 2.60. The van der Waals surface area contributed by atoms with E-state index in [0.717, 1.165) is 29.4 Å². The average molecular weight is 267 g/mol. The highest BCUT2D eigenvalue weighted by Gasteiger charge is 2.07. The topological polar surface area (TPSA) is 29.3 Å². The van der Waals surface area contributed by atoms with Crippen LogP contribution in [-0.2, 0) is 13.1 Å². The zero-order valence-corrected chi connectivity index (χ0v) is 11.3. The van der Waals surface area contributed by atoms with E-state index in [4.69, 9.17) is 17.3 Å². The molecule has 0 aliphatic carbocycles. The minimum Gasteiger partial charge on any atom is -0.398 e. The van der Waals surface area contributed by atoms with E-state index in [1.165, 1.54) is 4.88 Å². The monoisotopic (exact) mass is 266 g/mol. The van der Waals surface area contributed by atoms with Crippen LogP contribution in [0.2, 0.25) is 5.02 Å². The Labute approximate surface area is 111 Å². The van der Waals surface area contributed by atoms with Gasteiger partial charge in [0.05, 0.1) is 5.02 Å². The van der Waals surface area contributed by atoms with Crippen LogP contribution in [0, 0.1) is 0 Å². The van der Waals surface area contributed by atoms with Gasteiger partial charge in [-0.25, -0.2) is 0 Å². The van der Waals surface area contributed by atoms with Crippen LogP contribution in [0.1, 0.15) is 10.4 Å². The molecule has 0 unspecified atom stereocenters. The van der Waals surface area contributed by atoms with Gasteiger partial charge >= 0.3 is 0 Å². The van der Waals surface area contributed by atoms with Gasteiger partial charge in [0.2, 0.25) is 0 Å². The molecule has 2 N–H and O–H groups in total. The molecule has 0 spiro atoms. The van der Waals surface area contributed by atoms with Crippen molar-refractivity contribution in [1.29, 1.82) is 0 Å². The van der Waals surface area contributed by atoms with Crippen LogP contribution in [-0.4, -0.2) is 11.9 Å². The maximum Gasteiger partial charge on any atom is 0.0558 e. The summed E-state index contributed by atoms with van der Waals surface area (Å²) < 4.78 is 0. The summed E-state index contributed by atoms with van der Waals surface area (Å²) in [6, 6.07) is 9.89. The lowest BCUT2D eigenvalue weighted by atomic mass is 10.2. The number of nitrogen functional groups attached to an aromatic ring is 1. The lowest BCUT2D eigenvalue weighted by molar-refractivity contribution is 0.322. The molecule has 17 heavy (non-hydrogen) atoms. The number of thiophene rings is 1. The molecule has 1 heterocycles. The third-order valence-corrected chi connectivity index (χ3v) is 3.97. The Morgan fingerprint density at radius 2 is 2.00 bits per heavy atom. The summed E-state index contributed by atoms with van der Waals surface area (Å²) >= 11 is 7.76. The van der Waals surface area contributed by atoms with Crippen molar-refractivity contribution in [2.45, 2.75) is 13.1 Å². The predicted octanol–water partition coefficient (Wildman–Crippen LogP) is 3.62. The molecular weight excluding hydrogens is 252 g/mol. The van der Waals surface area contributed by atoms with Gasteiger partial charge in [-0.15, -0.1) is 11.3 Å². The lowest BCUT2D eigenvalue weighted by Crippen LogP contribution is -2.17. The molecule has 0 bridgehead atoms. The molecule has 0 radical (unpaired) electrons. The Bertz CT molecular complexity index is 496. The fourth-order valence-corrected chi connectivity index (χ4v) is 2.88. The molecule has 90 valence electrons. The number of para-hydroxylation sites is 1. The predicted molar refractivity (Wildman–Crippen MR) is 75.4 cm³/mol. The SMILES string of the molecule is CN(Cc1ccccc1N)Cc1sccc1Cl. The number of hydrogen-bond acceptors (Lipinski definition) is 3. The van der Waals surface area contributed by atoms with Gasteiger partial charge in [0.15, 0.2) is 0 Å². The van der Waals surface area contributed by atoms with E-state index in [0.29, 0.717) is 0 Å². The number of rotatable bonds is 4. The highest BCUT2D eigenvalue weighted by molar-refractivity contribution is 7.10. The first kappa shape index (κ1) is 12.4. The van der Waals surface area contributed by atoms with Crippen LogP contribution in [0.3, 0.4) is 0 Å². The number of anilines is 1. The Morgan fingerprint density at radius 3 is 2.65 bits per heavy atom. The van der Waals surface area contributed by atoms with E-state index in [1.54, 1.807) is 11.3 Å². The summed E-state index contributed by atoms with van der Waals surface area (Å²) in [4.78, 5) is 3.41. The summed E-state index contributed by atoms with van der Waals surface area (Å²) in [5, 5.41) is 2.87. The molecule has 0 aliphatic rings. The van der Waals surface area contributed by atoms with Gasteiger partial charge < -0.3 is 5.73 Å². The molecule has 0 saturated carbocycles. The standard InChI is InChI=1S/C13H15ClN2S/c1-16(9-13-11(14)6-7-17-13)8-10-4-2-3-5-12(10)15/h2-7H,8-9,15H2,1H3. The summed E-state index contributed by atoms with van der Waals surface area (Å²) in [5.74, 6) is 0. The molecule has 2 aromatic rings. The summed E-state index contributed by atoms with van der Waals surface area (Å²) in [7, 11) is 2.07. The fourth-order valence-electron chi connectivity index (χ4n) is 1.71. The van der Waals surface area contributed by atoms with Crippen molar-refractivity contribution < 1.29 is 0 Å². The Kier molecular flexibility index (Phi) is 4.05. The molecule has 1 aromatic heterocycles. The van der Waals surface area contributed by atoms with E-state index in [-0.39, 0.29) is 0 Å². The smallest absolute Gasteiger partial charge is 0.0558 e. The van der Waals surface area contributed by atoms with E-state index >= 15 is 0 Å². The first-order chi connectivity index (χ1) is 8.16. The van der Waals surface area contributed by atoms with Crippen LogP contribution < -0.4 is 5.73 Å². The van der Waals surface area contributed by atoms with Gasteiger partial charge in [-0.2, -0.15) is 0 Å². The number of hydrogen-bond donors (Lipinski definition) is 1. The van der Waals surface area contributed by atoms with Crippen LogP contribution in [0.15, 0.2) is 35.7 Å². The zero-order chi connectivity index (χ0) is 12.3. The third kappa shape index (κ3) is 3.22. The molecule has 2 nitrogen and oxygen atoms in total. The summed E-state index contributed by atoms with van der Waals surface area (Å²) in [6.45, 7) is 1.69. The van der Waals surface area contributed by atoms with Crippen molar-refractivity contribution in [2.75, 3.05) is 12.8 Å². The van der Waals surface area contributed by atoms with Crippen LogP contribution >= 0.6 is 22.9 Å². The van der Waals surface area contributed by atoms with Crippen LogP contribution in [0.5, 0.6) is 0 Å². The minimum absolute atomic E-state index is 0.834. The summed E-state index contributed by atoms with van der Waals surface area (Å²) in [5.41, 5.74) is 7.92. The Hall–Kier alpha value is -1.03. The number of nitrogens with zero attached hydrogens (tertiary/aromatic N) is 1. The van der Waals surface area contributed by atoms with Gasteiger partial charge in [0, 0.05) is 23.7 Å². The zero-order valence-electron chi connectivity index (χ0n) is 9.69. The van der Waals surface area contributed by atoms with Gasteiger partial charge in [-0.3, -0.25) is 4.90 Å². The van der Waals surface area contributed by atoms with Gasteiger partial charge in [0.25, 0.3) is 0 Å². The first-order valence-electron chi connectivity index (χ1n) is 5.40. The second-order valence-corrected chi connectivity index (χ2v) is 5.47. The Balaban J connectivity index is 2.01. The fraction of sp³-hybridized carbons (Fsp3) is 0.231. The van der Waals surface area contributed by atoms with E-state index in [9.17, 15) is 0 Å². The highest BCUT2D eigenvalue weighted by Crippen LogP contribution is 2.24. The maximum absolute atomic E-state index is 6.08. The highest BCUT2D eigenvalue weighted by atomic mass is 35.5. The van der Waals surface area contributed by atoms with E-state index < -0.39 is 0 Å². The average Bonchev–Trinajstić information content (AvgIpc) is 2.68. The van der Waals surface area contributed by atoms with Crippen molar-refractivity contribution in [3.05, 3.63) is 51.2 Å². The Morgan fingerprint density at radius 1 is 1.24 bits per heavy atom. The van der Waals surface area contributed by atoms with Gasteiger partial charge in [-0.1, -0.05) is 29.8 Å². The molecule has 0 saturated heterocycles. The molecule has 0 atom stereocenters. The van der Waals surface area contributed by atoms with Crippen molar-refractivity contribution >= 4 is 28.6 Å². The maximum atomic E-state index is 6.08. The van der Waals surface area contributed by atoms with Crippen molar-refractivity contribution in [2.24, 2.45) is 0 Å². The number of benzene rings is 1. The quantitative estimate of drug-likeness (QED) is 0.857. The molecule has 1 aromatic carbocycles. The molecule has 4 heteroatoms. The summed E-state index contributed by atoms with van der Waals surface area (Å²) in [6.07, 6.45) is 0. The lowest BCUT2D eigenvalue weighted by Gasteiger charge is -2.17. The van der Waals surface area contributed by atoms with Crippen molar-refractivity contribution in [1.82, 2.24) is 4.90 Å². The van der Waals surface area contributed by atoms with Gasteiger partial charge in [-0.05, 0) is 30.1 Å². The second kappa shape index (κ2) is 5.54. The van der Waals surface area contributed by atoms with Crippen molar-refractivity contribution in [3.63, 3.8) is 0 Å². The van der Waals surface area contributed by atoms with Gasteiger partial charge in [0.1, 0.15) is 0 Å². The van der Waals surface area contributed by atoms with E-state index in [1.807, 2.05) is 29.6 Å².